The van der Waals surface area contributed by atoms with E-state index in [-0.39, 0.29) is 0 Å². The molecule has 0 radical (unpaired) electrons. The Morgan fingerprint density at radius 1 is 0.947 bits per heavy atom. The highest BCUT2D eigenvalue weighted by Crippen LogP contribution is 2.78. The van der Waals surface area contributed by atoms with E-state index in [0.29, 0.717) is 0 Å². The highest BCUT2D eigenvalue weighted by molar-refractivity contribution is 5.20. The summed E-state index contributed by atoms with van der Waals surface area (Å²) in [6.07, 6.45) is 6.18. The summed E-state index contributed by atoms with van der Waals surface area (Å²) >= 11 is 0. The summed E-state index contributed by atoms with van der Waals surface area (Å²) in [5, 5.41) is 0. The normalized spacial score (nSPS) is 66.5. The Bertz CT molecular complexity index is 385. The second-order valence-corrected chi connectivity index (χ2v) is 8.92. The molecular weight excluding hydrogens is 228 g/mol. The van der Waals surface area contributed by atoms with Gasteiger partial charge in [-0.3, -0.25) is 0 Å². The van der Waals surface area contributed by atoms with E-state index in [2.05, 4.69) is 34.6 Å². The van der Waals surface area contributed by atoms with Crippen LogP contribution >= 0.6 is 0 Å². The molecule has 0 heteroatoms. The Hall–Kier alpha value is 0. The molecule has 4 rings (SSSR count). The SMILES string of the molecule is CCC1C(C)C12CC(C)C1CC2C2C(C)C(C)CC12. The minimum atomic E-state index is 0.794. The smallest absolute Gasteiger partial charge is 0.0204 e. The molecule has 0 amide bonds. The number of fused-ring (bicyclic) bond motifs is 6. The quantitative estimate of drug-likeness (QED) is 0.605. The van der Waals surface area contributed by atoms with Crippen molar-refractivity contribution in [3.05, 3.63) is 0 Å². The molecule has 4 aliphatic carbocycles. The maximum Gasteiger partial charge on any atom is -0.0204 e. The molecule has 4 saturated carbocycles. The molecule has 1 spiro atoms. The van der Waals surface area contributed by atoms with Crippen LogP contribution in [0, 0.1) is 58.7 Å². The van der Waals surface area contributed by atoms with Gasteiger partial charge in [-0.2, -0.15) is 0 Å². The van der Waals surface area contributed by atoms with Crippen molar-refractivity contribution in [3.63, 3.8) is 0 Å². The second kappa shape index (κ2) is 3.80. The van der Waals surface area contributed by atoms with Crippen LogP contribution in [-0.4, -0.2) is 0 Å². The predicted octanol–water partition coefficient (Wildman–Crippen LogP) is 5.23. The van der Waals surface area contributed by atoms with E-state index in [0.717, 1.165) is 58.7 Å². The largest absolute Gasteiger partial charge is 0.0651 e. The summed E-state index contributed by atoms with van der Waals surface area (Å²) in [6.45, 7) is 12.7. The van der Waals surface area contributed by atoms with Crippen molar-refractivity contribution >= 4 is 0 Å². The molecule has 10 unspecified atom stereocenters. The molecule has 0 aromatic heterocycles. The van der Waals surface area contributed by atoms with Crippen LogP contribution in [0.1, 0.15) is 60.3 Å². The average Bonchev–Trinajstić information content (AvgIpc) is 2.69. The molecule has 0 N–H and O–H groups in total. The van der Waals surface area contributed by atoms with Crippen molar-refractivity contribution in [2.75, 3.05) is 0 Å². The maximum absolute atomic E-state index is 2.59. The van der Waals surface area contributed by atoms with Crippen LogP contribution in [0.3, 0.4) is 0 Å². The van der Waals surface area contributed by atoms with Gasteiger partial charge in [0.2, 0.25) is 0 Å². The summed E-state index contributed by atoms with van der Waals surface area (Å²) in [4.78, 5) is 0. The summed E-state index contributed by atoms with van der Waals surface area (Å²) < 4.78 is 0. The van der Waals surface area contributed by atoms with Gasteiger partial charge in [0, 0.05) is 0 Å². The average molecular weight is 260 g/mol. The molecule has 19 heavy (non-hydrogen) atoms. The first-order chi connectivity index (χ1) is 9.02. The van der Waals surface area contributed by atoms with E-state index < -0.39 is 0 Å². The van der Waals surface area contributed by atoms with Crippen molar-refractivity contribution in [1.82, 2.24) is 0 Å². The van der Waals surface area contributed by atoms with E-state index in [1.54, 1.807) is 19.3 Å². The molecule has 10 atom stereocenters. The van der Waals surface area contributed by atoms with Crippen LogP contribution in [0.25, 0.3) is 0 Å². The summed E-state index contributed by atoms with van der Waals surface area (Å²) in [5.41, 5.74) is 0.794. The molecule has 2 bridgehead atoms. The Balaban J connectivity index is 1.72. The Kier molecular flexibility index (Phi) is 2.54. The van der Waals surface area contributed by atoms with E-state index in [1.807, 2.05) is 0 Å². The fraction of sp³-hybridized carbons (Fsp3) is 1.00. The Morgan fingerprint density at radius 3 is 2.32 bits per heavy atom. The third-order valence-corrected chi connectivity index (χ3v) is 8.75. The lowest BCUT2D eigenvalue weighted by atomic mass is 9.66. The zero-order valence-electron chi connectivity index (χ0n) is 13.5. The third-order valence-electron chi connectivity index (χ3n) is 8.75. The summed E-state index contributed by atoms with van der Waals surface area (Å²) in [7, 11) is 0. The minimum absolute atomic E-state index is 0.794. The molecule has 0 aromatic rings. The molecule has 0 aliphatic heterocycles. The van der Waals surface area contributed by atoms with Gasteiger partial charge in [-0.1, -0.05) is 41.0 Å². The molecule has 4 aliphatic rings. The Labute approximate surface area is 119 Å². The summed E-state index contributed by atoms with van der Waals surface area (Å²) in [6, 6.07) is 0. The first kappa shape index (κ1) is 12.7. The zero-order valence-corrected chi connectivity index (χ0v) is 13.5. The van der Waals surface area contributed by atoms with Crippen LogP contribution in [0.4, 0.5) is 0 Å². The van der Waals surface area contributed by atoms with E-state index in [4.69, 9.17) is 0 Å². The van der Waals surface area contributed by atoms with Crippen molar-refractivity contribution in [3.8, 4) is 0 Å². The van der Waals surface area contributed by atoms with Gasteiger partial charge >= 0.3 is 0 Å². The van der Waals surface area contributed by atoms with Crippen LogP contribution < -0.4 is 0 Å². The van der Waals surface area contributed by atoms with Crippen LogP contribution in [0.15, 0.2) is 0 Å². The van der Waals surface area contributed by atoms with Crippen molar-refractivity contribution < 1.29 is 0 Å². The number of hydrogen-bond acceptors (Lipinski definition) is 0. The van der Waals surface area contributed by atoms with Gasteiger partial charge in [0.15, 0.2) is 0 Å². The van der Waals surface area contributed by atoms with Gasteiger partial charge in [-0.15, -0.1) is 0 Å². The highest BCUT2D eigenvalue weighted by Gasteiger charge is 2.72. The maximum atomic E-state index is 2.59. The van der Waals surface area contributed by atoms with Gasteiger partial charge in [0.05, 0.1) is 0 Å². The fourth-order valence-electron chi connectivity index (χ4n) is 7.85. The molecule has 0 heterocycles. The van der Waals surface area contributed by atoms with Gasteiger partial charge in [0.1, 0.15) is 0 Å². The van der Waals surface area contributed by atoms with Crippen molar-refractivity contribution in [2.45, 2.75) is 60.3 Å². The second-order valence-electron chi connectivity index (χ2n) is 8.92. The van der Waals surface area contributed by atoms with Gasteiger partial charge in [0.25, 0.3) is 0 Å². The lowest BCUT2D eigenvalue weighted by Crippen LogP contribution is -2.32. The van der Waals surface area contributed by atoms with Crippen LogP contribution in [0.2, 0.25) is 0 Å². The third kappa shape index (κ3) is 1.32. The van der Waals surface area contributed by atoms with E-state index in [9.17, 15) is 0 Å². The topological polar surface area (TPSA) is 0 Å². The molecule has 4 fully saturated rings. The van der Waals surface area contributed by atoms with Crippen molar-refractivity contribution in [1.29, 1.82) is 0 Å². The first-order valence-electron chi connectivity index (χ1n) is 9.02. The number of rotatable bonds is 1. The molecular formula is C19H32. The zero-order chi connectivity index (χ0) is 13.5. The van der Waals surface area contributed by atoms with Gasteiger partial charge in [-0.25, -0.2) is 0 Å². The molecule has 0 aromatic carbocycles. The molecule has 0 saturated heterocycles. The van der Waals surface area contributed by atoms with E-state index in [1.165, 1.54) is 6.42 Å². The number of hydrogen-bond donors (Lipinski definition) is 0. The van der Waals surface area contributed by atoms with Crippen molar-refractivity contribution in [2.24, 2.45) is 58.7 Å². The van der Waals surface area contributed by atoms with Crippen LogP contribution in [0.5, 0.6) is 0 Å². The standard InChI is InChI=1S/C19H32/c1-6-16-13(5)19(16)9-11(3)14-8-17(19)18-12(4)10(2)7-15(14)18/h10-18H,6-9H2,1-5H3. The van der Waals surface area contributed by atoms with Crippen LogP contribution in [-0.2, 0) is 0 Å². The first-order valence-corrected chi connectivity index (χ1v) is 9.02. The van der Waals surface area contributed by atoms with Gasteiger partial charge in [-0.05, 0) is 77.9 Å². The fourth-order valence-corrected chi connectivity index (χ4v) is 7.85. The Morgan fingerprint density at radius 2 is 1.68 bits per heavy atom. The monoisotopic (exact) mass is 260 g/mol. The lowest BCUT2D eigenvalue weighted by molar-refractivity contribution is 0.0969. The molecule has 108 valence electrons. The minimum Gasteiger partial charge on any atom is -0.0651 e. The molecule has 0 nitrogen and oxygen atoms in total. The lowest BCUT2D eigenvalue weighted by Gasteiger charge is -2.39. The summed E-state index contributed by atoms with van der Waals surface area (Å²) in [5.74, 6) is 9.54. The highest BCUT2D eigenvalue weighted by atomic mass is 14.8. The predicted molar refractivity (Wildman–Crippen MR) is 80.7 cm³/mol. The van der Waals surface area contributed by atoms with E-state index >= 15 is 0 Å². The van der Waals surface area contributed by atoms with Gasteiger partial charge < -0.3 is 0 Å².